The number of amides is 1. The van der Waals surface area contributed by atoms with Crippen LogP contribution < -0.4 is 10.0 Å². The van der Waals surface area contributed by atoms with E-state index in [0.717, 1.165) is 11.3 Å². The number of nitrogens with zero attached hydrogens (tertiary/aromatic N) is 1. The summed E-state index contributed by atoms with van der Waals surface area (Å²) in [5, 5.41) is 15.0. The average molecular weight is 499 g/mol. The number of H-pyrrole nitrogens is 1. The van der Waals surface area contributed by atoms with E-state index >= 15 is 4.39 Å². The third-order valence-corrected chi connectivity index (χ3v) is 8.36. The largest absolute Gasteiger partial charge is 0.305 e. The standard InChI is InChI=1S/C22H15FN4O3S3/c23-19-16(13-3-5-15(6-4-13)27-33(29,30)18-2-1-10-32-18)7-8-17-20(19)25-26-21(17)24-22(28)14-9-11-31-12-14/h1-12,27H,(H2,24,25,26,28). The van der Waals surface area contributed by atoms with Crippen LogP contribution in [0, 0.1) is 5.82 Å². The number of anilines is 2. The summed E-state index contributed by atoms with van der Waals surface area (Å²) in [6.07, 6.45) is 0. The molecule has 33 heavy (non-hydrogen) atoms. The second-order valence-corrected chi connectivity index (χ2v) is 10.6. The maximum atomic E-state index is 15.2. The maximum Gasteiger partial charge on any atom is 0.271 e. The van der Waals surface area contributed by atoms with Crippen LogP contribution in [0.25, 0.3) is 22.0 Å². The van der Waals surface area contributed by atoms with Gasteiger partial charge in [-0.05, 0) is 46.7 Å². The molecule has 166 valence electrons. The highest BCUT2D eigenvalue weighted by molar-refractivity contribution is 7.94. The van der Waals surface area contributed by atoms with E-state index < -0.39 is 15.8 Å². The number of halogens is 1. The predicted octanol–water partition coefficient (Wildman–Crippen LogP) is 5.55. The van der Waals surface area contributed by atoms with E-state index in [1.807, 2.05) is 0 Å². The molecule has 0 aliphatic rings. The van der Waals surface area contributed by atoms with Crippen LogP contribution in [-0.2, 0) is 10.0 Å². The molecular weight excluding hydrogens is 483 g/mol. The Labute approximate surface area is 196 Å². The lowest BCUT2D eigenvalue weighted by Gasteiger charge is -2.09. The first-order valence-electron chi connectivity index (χ1n) is 9.59. The Bertz CT molecular complexity index is 1540. The number of hydrogen-bond acceptors (Lipinski definition) is 6. The van der Waals surface area contributed by atoms with Crippen molar-refractivity contribution in [1.82, 2.24) is 10.2 Å². The summed E-state index contributed by atoms with van der Waals surface area (Å²) in [4.78, 5) is 12.3. The SMILES string of the molecule is O=C(Nc1n[nH]c2c(F)c(-c3ccc(NS(=O)(=O)c4cccs4)cc3)ccc12)c1ccsc1. The van der Waals surface area contributed by atoms with Crippen LogP contribution in [-0.4, -0.2) is 24.5 Å². The molecule has 0 aliphatic carbocycles. The van der Waals surface area contributed by atoms with E-state index in [1.165, 1.54) is 17.4 Å². The molecule has 3 heterocycles. The molecule has 0 radical (unpaired) electrons. The Morgan fingerprint density at radius 1 is 1.03 bits per heavy atom. The van der Waals surface area contributed by atoms with Gasteiger partial charge in [0.05, 0.1) is 5.56 Å². The van der Waals surface area contributed by atoms with Crippen LogP contribution in [0.3, 0.4) is 0 Å². The summed E-state index contributed by atoms with van der Waals surface area (Å²) in [5.41, 5.74) is 1.91. The lowest BCUT2D eigenvalue weighted by atomic mass is 10.0. The average Bonchev–Trinajstić information content (AvgIpc) is 3.57. The van der Waals surface area contributed by atoms with Crippen molar-refractivity contribution in [3.63, 3.8) is 0 Å². The summed E-state index contributed by atoms with van der Waals surface area (Å²) in [6, 6.07) is 14.6. The minimum Gasteiger partial charge on any atom is -0.305 e. The maximum absolute atomic E-state index is 15.2. The molecule has 0 unspecified atom stereocenters. The zero-order valence-corrected chi connectivity index (χ0v) is 19.2. The normalized spacial score (nSPS) is 11.5. The molecule has 0 spiro atoms. The van der Waals surface area contributed by atoms with Gasteiger partial charge < -0.3 is 5.32 Å². The van der Waals surface area contributed by atoms with Gasteiger partial charge in [0.2, 0.25) is 0 Å². The fourth-order valence-electron chi connectivity index (χ4n) is 3.29. The van der Waals surface area contributed by atoms with Gasteiger partial charge in [0.1, 0.15) is 9.73 Å². The summed E-state index contributed by atoms with van der Waals surface area (Å²) in [7, 11) is -3.66. The zero-order chi connectivity index (χ0) is 23.0. The molecule has 0 atom stereocenters. The van der Waals surface area contributed by atoms with Gasteiger partial charge in [-0.3, -0.25) is 14.6 Å². The van der Waals surface area contributed by atoms with Crippen molar-refractivity contribution in [2.75, 3.05) is 10.0 Å². The van der Waals surface area contributed by atoms with Gasteiger partial charge in [0.25, 0.3) is 15.9 Å². The van der Waals surface area contributed by atoms with E-state index in [-0.39, 0.29) is 21.5 Å². The van der Waals surface area contributed by atoms with E-state index in [9.17, 15) is 13.2 Å². The number of benzene rings is 2. The summed E-state index contributed by atoms with van der Waals surface area (Å²) >= 11 is 2.52. The van der Waals surface area contributed by atoms with E-state index in [2.05, 4.69) is 20.2 Å². The Kier molecular flexibility index (Phi) is 5.44. The molecule has 3 aromatic heterocycles. The first kappa shape index (κ1) is 21.3. The van der Waals surface area contributed by atoms with Crippen molar-refractivity contribution in [3.05, 3.63) is 82.1 Å². The van der Waals surface area contributed by atoms with Crippen molar-refractivity contribution in [2.24, 2.45) is 0 Å². The fourth-order valence-corrected chi connectivity index (χ4v) is 5.97. The molecule has 0 saturated heterocycles. The van der Waals surface area contributed by atoms with Gasteiger partial charge in [-0.2, -0.15) is 16.4 Å². The number of aromatic nitrogens is 2. The van der Waals surface area contributed by atoms with E-state index in [1.54, 1.807) is 64.7 Å². The van der Waals surface area contributed by atoms with E-state index in [4.69, 9.17) is 0 Å². The second kappa shape index (κ2) is 8.43. The van der Waals surface area contributed by atoms with Crippen LogP contribution in [0.15, 0.2) is 74.9 Å². The summed E-state index contributed by atoms with van der Waals surface area (Å²) in [6.45, 7) is 0. The van der Waals surface area contributed by atoms with Gasteiger partial charge >= 0.3 is 0 Å². The Morgan fingerprint density at radius 3 is 2.55 bits per heavy atom. The van der Waals surface area contributed by atoms with Gasteiger partial charge in [0, 0.05) is 22.0 Å². The van der Waals surface area contributed by atoms with Crippen LogP contribution in [0.1, 0.15) is 10.4 Å². The van der Waals surface area contributed by atoms with E-state index in [0.29, 0.717) is 27.8 Å². The molecular formula is C22H15FN4O3S3. The minimum atomic E-state index is -3.66. The molecule has 0 bridgehead atoms. The number of hydrogen-bond donors (Lipinski definition) is 3. The lowest BCUT2D eigenvalue weighted by molar-refractivity contribution is 0.102. The molecule has 2 aromatic carbocycles. The van der Waals surface area contributed by atoms with Gasteiger partial charge in [-0.1, -0.05) is 24.3 Å². The second-order valence-electron chi connectivity index (χ2n) is 7.00. The molecule has 7 nitrogen and oxygen atoms in total. The quantitative estimate of drug-likeness (QED) is 0.286. The van der Waals surface area contributed by atoms with Crippen molar-refractivity contribution >= 4 is 61.0 Å². The Morgan fingerprint density at radius 2 is 1.85 bits per heavy atom. The Hall–Kier alpha value is -3.54. The van der Waals surface area contributed by atoms with Crippen LogP contribution in [0.5, 0.6) is 0 Å². The highest BCUT2D eigenvalue weighted by Gasteiger charge is 2.18. The number of sulfonamides is 1. The van der Waals surface area contributed by atoms with Crippen molar-refractivity contribution in [3.8, 4) is 11.1 Å². The summed E-state index contributed by atoms with van der Waals surface area (Å²) < 4.78 is 42.7. The molecule has 11 heteroatoms. The first-order chi connectivity index (χ1) is 15.9. The van der Waals surface area contributed by atoms with Crippen LogP contribution >= 0.6 is 22.7 Å². The first-order valence-corrected chi connectivity index (χ1v) is 12.9. The topological polar surface area (TPSA) is 104 Å². The molecule has 5 rings (SSSR count). The van der Waals surface area contributed by atoms with Crippen molar-refractivity contribution in [1.29, 1.82) is 0 Å². The smallest absolute Gasteiger partial charge is 0.271 e. The Balaban J connectivity index is 1.40. The molecule has 0 aliphatic heterocycles. The van der Waals surface area contributed by atoms with Gasteiger partial charge in [-0.25, -0.2) is 12.8 Å². The monoisotopic (exact) mass is 498 g/mol. The van der Waals surface area contributed by atoms with Gasteiger partial charge in [-0.15, -0.1) is 11.3 Å². The third kappa shape index (κ3) is 4.13. The molecule has 5 aromatic rings. The van der Waals surface area contributed by atoms with Crippen molar-refractivity contribution in [2.45, 2.75) is 4.21 Å². The lowest BCUT2D eigenvalue weighted by Crippen LogP contribution is -2.11. The number of fused-ring (bicyclic) bond motifs is 1. The number of rotatable bonds is 6. The van der Waals surface area contributed by atoms with Crippen LogP contribution in [0.2, 0.25) is 0 Å². The molecule has 3 N–H and O–H groups in total. The van der Waals surface area contributed by atoms with Gasteiger partial charge in [0.15, 0.2) is 11.6 Å². The number of nitrogens with one attached hydrogen (secondary N) is 3. The fraction of sp³-hybridized carbons (Fsp3) is 0. The number of carbonyl (C=O) groups excluding carboxylic acids is 1. The minimum absolute atomic E-state index is 0.163. The number of aromatic amines is 1. The molecule has 1 amide bonds. The highest BCUT2D eigenvalue weighted by atomic mass is 32.2. The summed E-state index contributed by atoms with van der Waals surface area (Å²) in [5.74, 6) is -0.609. The third-order valence-electron chi connectivity index (χ3n) is 4.90. The molecule has 0 saturated carbocycles. The number of thiophene rings is 2. The molecule has 0 fully saturated rings. The predicted molar refractivity (Wildman–Crippen MR) is 129 cm³/mol. The van der Waals surface area contributed by atoms with Crippen LogP contribution in [0.4, 0.5) is 15.9 Å². The number of carbonyl (C=O) groups is 1. The highest BCUT2D eigenvalue weighted by Crippen LogP contribution is 2.32. The zero-order valence-electron chi connectivity index (χ0n) is 16.7. The van der Waals surface area contributed by atoms with Crippen molar-refractivity contribution < 1.29 is 17.6 Å².